The fraction of sp³-hybridized carbons (Fsp3) is 0.875. The predicted octanol–water partition coefficient (Wildman–Crippen LogP) is 5.44. The van der Waals surface area contributed by atoms with Crippen LogP contribution in [0.1, 0.15) is 66.2 Å². The summed E-state index contributed by atoms with van der Waals surface area (Å²) >= 11 is 0. The Bertz CT molecular complexity index is 196. The largest absolute Gasteiger partial charge is 0.0885 e. The molecule has 0 saturated heterocycles. The zero-order valence-corrected chi connectivity index (χ0v) is 11.7. The van der Waals surface area contributed by atoms with Gasteiger partial charge in [0.25, 0.3) is 0 Å². The second-order valence-corrected chi connectivity index (χ2v) is 6.14. The molecule has 1 aliphatic rings. The summed E-state index contributed by atoms with van der Waals surface area (Å²) < 4.78 is 0. The van der Waals surface area contributed by atoms with E-state index in [2.05, 4.69) is 39.8 Å². The van der Waals surface area contributed by atoms with Crippen molar-refractivity contribution in [2.45, 2.75) is 66.2 Å². The molecule has 1 unspecified atom stereocenters. The molecule has 1 rings (SSSR count). The maximum absolute atomic E-state index is 2.43. The average Bonchev–Trinajstić information content (AvgIpc) is 2.19. The minimum atomic E-state index is 0.835. The molecule has 0 aromatic carbocycles. The smallest absolute Gasteiger partial charge is 0.0320 e. The Kier molecular flexibility index (Phi) is 6.16. The molecule has 1 saturated carbocycles. The lowest BCUT2D eigenvalue weighted by Crippen LogP contribution is -2.20. The van der Waals surface area contributed by atoms with Crippen LogP contribution in [0.4, 0.5) is 0 Å². The lowest BCUT2D eigenvalue weighted by atomic mass is 9.74. The van der Waals surface area contributed by atoms with Crippen molar-refractivity contribution in [3.05, 3.63) is 12.2 Å². The van der Waals surface area contributed by atoms with E-state index in [0.717, 1.165) is 23.7 Å². The van der Waals surface area contributed by atoms with Crippen LogP contribution >= 0.6 is 0 Å². The van der Waals surface area contributed by atoms with Crippen LogP contribution in [0.2, 0.25) is 0 Å². The van der Waals surface area contributed by atoms with Crippen molar-refractivity contribution >= 4 is 0 Å². The SMILES string of the molecule is CCC(CC=CCCC1CC(C)C1)C(C)C. The van der Waals surface area contributed by atoms with E-state index in [1.807, 2.05) is 0 Å². The van der Waals surface area contributed by atoms with Crippen LogP contribution in [0, 0.1) is 23.7 Å². The van der Waals surface area contributed by atoms with Crippen molar-refractivity contribution in [3.63, 3.8) is 0 Å². The first kappa shape index (κ1) is 13.8. The molecule has 0 aromatic heterocycles. The Morgan fingerprint density at radius 1 is 1.19 bits per heavy atom. The first-order valence-electron chi connectivity index (χ1n) is 7.28. The van der Waals surface area contributed by atoms with E-state index in [0.29, 0.717) is 0 Å². The van der Waals surface area contributed by atoms with Crippen molar-refractivity contribution < 1.29 is 0 Å². The van der Waals surface area contributed by atoms with Gasteiger partial charge in [-0.1, -0.05) is 46.3 Å². The molecule has 94 valence electrons. The number of hydrogen-bond donors (Lipinski definition) is 0. The molecule has 0 spiro atoms. The van der Waals surface area contributed by atoms with Gasteiger partial charge < -0.3 is 0 Å². The van der Waals surface area contributed by atoms with Gasteiger partial charge >= 0.3 is 0 Å². The molecule has 1 atom stereocenters. The predicted molar refractivity (Wildman–Crippen MR) is 73.5 cm³/mol. The van der Waals surface area contributed by atoms with Crippen LogP contribution in [-0.2, 0) is 0 Å². The van der Waals surface area contributed by atoms with Crippen LogP contribution in [0.25, 0.3) is 0 Å². The van der Waals surface area contributed by atoms with Gasteiger partial charge in [-0.05, 0) is 55.8 Å². The Morgan fingerprint density at radius 3 is 2.38 bits per heavy atom. The van der Waals surface area contributed by atoms with Crippen molar-refractivity contribution in [2.75, 3.05) is 0 Å². The van der Waals surface area contributed by atoms with Crippen LogP contribution < -0.4 is 0 Å². The summed E-state index contributed by atoms with van der Waals surface area (Å²) in [7, 11) is 0. The van der Waals surface area contributed by atoms with Crippen LogP contribution in [0.3, 0.4) is 0 Å². The Morgan fingerprint density at radius 2 is 1.88 bits per heavy atom. The van der Waals surface area contributed by atoms with E-state index in [4.69, 9.17) is 0 Å². The van der Waals surface area contributed by atoms with Gasteiger partial charge in [-0.2, -0.15) is 0 Å². The summed E-state index contributed by atoms with van der Waals surface area (Å²) in [5.41, 5.74) is 0. The van der Waals surface area contributed by atoms with Gasteiger partial charge in [0.15, 0.2) is 0 Å². The van der Waals surface area contributed by atoms with Gasteiger partial charge in [0.1, 0.15) is 0 Å². The van der Waals surface area contributed by atoms with Gasteiger partial charge in [0.05, 0.1) is 0 Å². The van der Waals surface area contributed by atoms with E-state index >= 15 is 0 Å². The maximum Gasteiger partial charge on any atom is -0.0320 e. The molecule has 1 fully saturated rings. The summed E-state index contributed by atoms with van der Waals surface area (Å²) in [5, 5.41) is 0. The van der Waals surface area contributed by atoms with Crippen LogP contribution in [-0.4, -0.2) is 0 Å². The lowest BCUT2D eigenvalue weighted by molar-refractivity contribution is 0.201. The molecular formula is C16H30. The minimum absolute atomic E-state index is 0.835. The summed E-state index contributed by atoms with van der Waals surface area (Å²) in [6, 6.07) is 0. The van der Waals surface area contributed by atoms with Gasteiger partial charge in [-0.15, -0.1) is 0 Å². The molecule has 0 amide bonds. The first-order chi connectivity index (χ1) is 7.63. The molecule has 0 nitrogen and oxygen atoms in total. The number of rotatable bonds is 7. The number of hydrogen-bond acceptors (Lipinski definition) is 0. The third-order valence-corrected chi connectivity index (χ3v) is 4.29. The van der Waals surface area contributed by atoms with E-state index < -0.39 is 0 Å². The van der Waals surface area contributed by atoms with Gasteiger partial charge in [0.2, 0.25) is 0 Å². The van der Waals surface area contributed by atoms with E-state index in [1.54, 1.807) is 0 Å². The molecule has 0 bridgehead atoms. The number of allylic oxidation sites excluding steroid dienone is 2. The highest BCUT2D eigenvalue weighted by Crippen LogP contribution is 2.36. The van der Waals surface area contributed by atoms with Gasteiger partial charge in [0, 0.05) is 0 Å². The normalized spacial score (nSPS) is 27.3. The van der Waals surface area contributed by atoms with Crippen LogP contribution in [0.5, 0.6) is 0 Å². The Hall–Kier alpha value is -0.260. The summed E-state index contributed by atoms with van der Waals surface area (Å²) in [6.07, 6.45) is 13.2. The summed E-state index contributed by atoms with van der Waals surface area (Å²) in [4.78, 5) is 0. The summed E-state index contributed by atoms with van der Waals surface area (Å²) in [6.45, 7) is 9.38. The topological polar surface area (TPSA) is 0 Å². The zero-order valence-electron chi connectivity index (χ0n) is 11.7. The zero-order chi connectivity index (χ0) is 12.0. The standard InChI is InChI=1S/C16H30/c1-5-16(13(2)3)10-8-6-7-9-15-11-14(4)12-15/h6,8,13-16H,5,7,9-12H2,1-4H3. The summed E-state index contributed by atoms with van der Waals surface area (Å²) in [5.74, 6) is 3.79. The third-order valence-electron chi connectivity index (χ3n) is 4.29. The monoisotopic (exact) mass is 222 g/mol. The quantitative estimate of drug-likeness (QED) is 0.503. The molecule has 0 aromatic rings. The molecular weight excluding hydrogens is 192 g/mol. The lowest BCUT2D eigenvalue weighted by Gasteiger charge is -2.32. The Labute approximate surface area is 103 Å². The maximum atomic E-state index is 2.43. The van der Waals surface area contributed by atoms with Gasteiger partial charge in [-0.3, -0.25) is 0 Å². The third kappa shape index (κ3) is 4.72. The molecule has 0 heteroatoms. The van der Waals surface area contributed by atoms with E-state index in [-0.39, 0.29) is 0 Å². The highest BCUT2D eigenvalue weighted by Gasteiger charge is 2.23. The fourth-order valence-electron chi connectivity index (χ4n) is 2.94. The second-order valence-electron chi connectivity index (χ2n) is 6.14. The van der Waals surface area contributed by atoms with Gasteiger partial charge in [-0.25, -0.2) is 0 Å². The molecule has 1 aliphatic carbocycles. The molecule has 0 heterocycles. The van der Waals surface area contributed by atoms with Crippen molar-refractivity contribution in [3.8, 4) is 0 Å². The van der Waals surface area contributed by atoms with Crippen molar-refractivity contribution in [1.82, 2.24) is 0 Å². The van der Waals surface area contributed by atoms with Crippen molar-refractivity contribution in [2.24, 2.45) is 23.7 Å². The molecule has 0 N–H and O–H groups in total. The highest BCUT2D eigenvalue weighted by atomic mass is 14.3. The first-order valence-corrected chi connectivity index (χ1v) is 7.28. The molecule has 0 aliphatic heterocycles. The second kappa shape index (κ2) is 7.14. The van der Waals surface area contributed by atoms with E-state index in [9.17, 15) is 0 Å². The molecule has 0 radical (unpaired) electrons. The molecule has 16 heavy (non-hydrogen) atoms. The van der Waals surface area contributed by atoms with E-state index in [1.165, 1.54) is 38.5 Å². The van der Waals surface area contributed by atoms with Crippen LogP contribution in [0.15, 0.2) is 12.2 Å². The average molecular weight is 222 g/mol. The fourth-order valence-corrected chi connectivity index (χ4v) is 2.94. The highest BCUT2D eigenvalue weighted by molar-refractivity contribution is 4.86. The Balaban J connectivity index is 2.03. The van der Waals surface area contributed by atoms with Crippen molar-refractivity contribution in [1.29, 1.82) is 0 Å². The minimum Gasteiger partial charge on any atom is -0.0885 e.